The minimum absolute atomic E-state index is 0.00703. The maximum atomic E-state index is 14.1. The Labute approximate surface area is 242 Å². The van der Waals surface area contributed by atoms with Gasteiger partial charge in [-0.25, -0.2) is 0 Å². The number of alkyl halides is 3. The molecule has 0 saturated carbocycles. The van der Waals surface area contributed by atoms with Gasteiger partial charge < -0.3 is 14.7 Å². The minimum Gasteiger partial charge on any atom is -0.368 e. The summed E-state index contributed by atoms with van der Waals surface area (Å²) < 4.78 is 39.8. The molecule has 0 aliphatic carbocycles. The number of piperazine rings is 2. The van der Waals surface area contributed by atoms with Crippen LogP contribution in [0.1, 0.15) is 16.7 Å². The number of rotatable bonds is 5. The topological polar surface area (TPSA) is 73.2 Å². The molecule has 0 spiro atoms. The van der Waals surface area contributed by atoms with E-state index in [1.165, 1.54) is 17.7 Å². The van der Waals surface area contributed by atoms with Gasteiger partial charge in [-0.3, -0.25) is 19.8 Å². The predicted octanol–water partition coefficient (Wildman–Crippen LogP) is 4.83. The molecular formula is C31H32F3N5O3. The van der Waals surface area contributed by atoms with Gasteiger partial charge in [0.2, 0.25) is 5.91 Å². The Balaban J connectivity index is 1.21. The number of anilines is 2. The standard InChI is InChI=1S/C31H32F3N5O3/c32-31(33,34)24-7-4-8-25(19-24)36-12-14-37(15-13-36)30(40)27-18-23-17-26(39(41)42)9-10-28(23)38-16-11-35(21-29(27)38)20-22-5-2-1-3-6-22/h1-10,17,19,27,29H,11-16,18,20-21H2/t27-,29+/m0/s1. The van der Waals surface area contributed by atoms with Gasteiger partial charge in [-0.15, -0.1) is 0 Å². The Morgan fingerprint density at radius 1 is 0.905 bits per heavy atom. The summed E-state index contributed by atoms with van der Waals surface area (Å²) in [6, 6.07) is 20.3. The molecule has 2 saturated heterocycles. The van der Waals surface area contributed by atoms with Crippen LogP contribution in [0.2, 0.25) is 0 Å². The highest BCUT2D eigenvalue weighted by Crippen LogP contribution is 2.39. The zero-order valence-corrected chi connectivity index (χ0v) is 23.0. The van der Waals surface area contributed by atoms with Gasteiger partial charge in [0.15, 0.2) is 0 Å². The molecule has 3 aromatic rings. The third-order valence-electron chi connectivity index (χ3n) is 8.69. The molecule has 8 nitrogen and oxygen atoms in total. The molecule has 0 radical (unpaired) electrons. The van der Waals surface area contributed by atoms with Crippen molar-refractivity contribution in [3.63, 3.8) is 0 Å². The molecule has 1 amide bonds. The van der Waals surface area contributed by atoms with E-state index in [1.807, 2.05) is 34.1 Å². The normalized spacial score (nSPS) is 21.1. The monoisotopic (exact) mass is 579 g/mol. The van der Waals surface area contributed by atoms with Crippen LogP contribution in [0.15, 0.2) is 72.8 Å². The Bertz CT molecular complexity index is 1460. The largest absolute Gasteiger partial charge is 0.416 e. The summed E-state index contributed by atoms with van der Waals surface area (Å²) in [5.41, 5.74) is 2.76. The lowest BCUT2D eigenvalue weighted by Crippen LogP contribution is -2.62. The van der Waals surface area contributed by atoms with Crippen LogP contribution in [-0.4, -0.2) is 72.5 Å². The second kappa shape index (κ2) is 11.3. The van der Waals surface area contributed by atoms with Crippen LogP contribution in [0.4, 0.5) is 30.2 Å². The number of amides is 1. The van der Waals surface area contributed by atoms with Crippen LogP contribution in [0.5, 0.6) is 0 Å². The van der Waals surface area contributed by atoms with Gasteiger partial charge in [-0.1, -0.05) is 36.4 Å². The Morgan fingerprint density at radius 3 is 2.38 bits per heavy atom. The first-order valence-electron chi connectivity index (χ1n) is 14.2. The summed E-state index contributed by atoms with van der Waals surface area (Å²) >= 11 is 0. The molecule has 220 valence electrons. The SMILES string of the molecule is O=C([C@H]1Cc2cc([N+](=O)[O-])ccc2N2CCN(Cc3ccccc3)C[C@H]12)N1CCN(c2cccc(C(F)(F)F)c2)CC1. The third-order valence-corrected chi connectivity index (χ3v) is 8.69. The van der Waals surface area contributed by atoms with E-state index < -0.39 is 22.6 Å². The van der Waals surface area contributed by atoms with Gasteiger partial charge in [0.1, 0.15) is 0 Å². The van der Waals surface area contributed by atoms with Gasteiger partial charge in [0.25, 0.3) is 5.69 Å². The van der Waals surface area contributed by atoms with Crippen molar-refractivity contribution in [2.24, 2.45) is 5.92 Å². The zero-order valence-electron chi connectivity index (χ0n) is 23.0. The molecule has 3 aromatic carbocycles. The van der Waals surface area contributed by atoms with Crippen LogP contribution >= 0.6 is 0 Å². The van der Waals surface area contributed by atoms with Crippen LogP contribution in [0, 0.1) is 16.0 Å². The highest BCUT2D eigenvalue weighted by molar-refractivity contribution is 5.83. The number of nitro groups is 1. The van der Waals surface area contributed by atoms with Crippen molar-refractivity contribution in [3.8, 4) is 0 Å². The molecule has 0 aromatic heterocycles. The van der Waals surface area contributed by atoms with Gasteiger partial charge in [-0.05, 0) is 41.8 Å². The minimum atomic E-state index is -4.42. The first-order valence-corrected chi connectivity index (χ1v) is 14.2. The van der Waals surface area contributed by atoms with E-state index in [0.29, 0.717) is 51.4 Å². The van der Waals surface area contributed by atoms with Crippen molar-refractivity contribution in [2.75, 3.05) is 55.6 Å². The molecule has 3 aliphatic heterocycles. The Morgan fingerprint density at radius 2 is 1.67 bits per heavy atom. The van der Waals surface area contributed by atoms with E-state index in [1.54, 1.807) is 12.1 Å². The fourth-order valence-electron chi connectivity index (χ4n) is 6.55. The molecule has 2 atom stereocenters. The summed E-state index contributed by atoms with van der Waals surface area (Å²) in [6.07, 6.45) is -4.01. The van der Waals surface area contributed by atoms with Crippen molar-refractivity contribution in [1.29, 1.82) is 0 Å². The lowest BCUT2D eigenvalue weighted by molar-refractivity contribution is -0.384. The molecule has 0 N–H and O–H groups in total. The highest BCUT2D eigenvalue weighted by Gasteiger charge is 2.43. The molecule has 3 heterocycles. The summed E-state index contributed by atoms with van der Waals surface area (Å²) in [7, 11) is 0. The van der Waals surface area contributed by atoms with Gasteiger partial charge in [0, 0.05) is 75.9 Å². The summed E-state index contributed by atoms with van der Waals surface area (Å²) in [5.74, 6) is -0.398. The number of hydrogen-bond donors (Lipinski definition) is 0. The van der Waals surface area contributed by atoms with Crippen molar-refractivity contribution in [1.82, 2.24) is 9.80 Å². The van der Waals surface area contributed by atoms with Crippen LogP contribution in [0.3, 0.4) is 0 Å². The molecule has 3 aliphatic rings. The molecule has 6 rings (SSSR count). The Kier molecular flexibility index (Phi) is 7.53. The van der Waals surface area contributed by atoms with E-state index in [9.17, 15) is 28.1 Å². The second-order valence-electron chi connectivity index (χ2n) is 11.2. The number of benzene rings is 3. The fourth-order valence-corrected chi connectivity index (χ4v) is 6.55. The van der Waals surface area contributed by atoms with Crippen molar-refractivity contribution < 1.29 is 22.9 Å². The average Bonchev–Trinajstić information content (AvgIpc) is 3.00. The number of carbonyl (C=O) groups excluding carboxylic acids is 1. The first-order chi connectivity index (χ1) is 20.2. The number of carbonyl (C=O) groups is 1. The van der Waals surface area contributed by atoms with Crippen LogP contribution in [0.25, 0.3) is 0 Å². The summed E-state index contributed by atoms with van der Waals surface area (Å²) in [5, 5.41) is 11.5. The van der Waals surface area contributed by atoms with Gasteiger partial charge in [0.05, 0.1) is 22.4 Å². The van der Waals surface area contributed by atoms with Gasteiger partial charge in [-0.2, -0.15) is 13.2 Å². The number of halogens is 3. The highest BCUT2D eigenvalue weighted by atomic mass is 19.4. The lowest BCUT2D eigenvalue weighted by Gasteiger charge is -2.50. The van der Waals surface area contributed by atoms with E-state index in [-0.39, 0.29) is 17.6 Å². The van der Waals surface area contributed by atoms with E-state index >= 15 is 0 Å². The second-order valence-corrected chi connectivity index (χ2v) is 11.2. The van der Waals surface area contributed by atoms with Crippen LogP contribution < -0.4 is 9.80 Å². The number of nitro benzene ring substituents is 1. The summed E-state index contributed by atoms with van der Waals surface area (Å²) in [4.78, 5) is 33.5. The number of non-ortho nitro benzene ring substituents is 1. The van der Waals surface area contributed by atoms with Crippen molar-refractivity contribution >= 4 is 23.0 Å². The van der Waals surface area contributed by atoms with Crippen LogP contribution in [-0.2, 0) is 23.9 Å². The molecule has 0 unspecified atom stereocenters. The van der Waals surface area contributed by atoms with E-state index in [2.05, 4.69) is 21.9 Å². The number of fused-ring (bicyclic) bond motifs is 3. The van der Waals surface area contributed by atoms with Gasteiger partial charge >= 0.3 is 6.18 Å². The predicted molar refractivity (Wildman–Crippen MR) is 153 cm³/mol. The molecule has 0 bridgehead atoms. The molecule has 11 heteroatoms. The smallest absolute Gasteiger partial charge is 0.368 e. The number of hydrogen-bond acceptors (Lipinski definition) is 6. The lowest BCUT2D eigenvalue weighted by atomic mass is 9.82. The van der Waals surface area contributed by atoms with Crippen molar-refractivity contribution in [2.45, 2.75) is 25.2 Å². The Hall–Kier alpha value is -4.12. The maximum Gasteiger partial charge on any atom is 0.416 e. The maximum absolute atomic E-state index is 14.1. The van der Waals surface area contributed by atoms with E-state index in [4.69, 9.17) is 0 Å². The van der Waals surface area contributed by atoms with E-state index in [0.717, 1.165) is 36.5 Å². The first kappa shape index (κ1) is 28.0. The van der Waals surface area contributed by atoms with Crippen molar-refractivity contribution in [3.05, 3.63) is 99.6 Å². The molecular weight excluding hydrogens is 547 g/mol. The zero-order chi connectivity index (χ0) is 29.4. The average molecular weight is 580 g/mol. The fraction of sp³-hybridized carbons (Fsp3) is 0.387. The quantitative estimate of drug-likeness (QED) is 0.319. The molecule has 42 heavy (non-hydrogen) atoms. The summed E-state index contributed by atoms with van der Waals surface area (Å²) in [6.45, 7) is 4.61. The number of nitrogens with zero attached hydrogens (tertiary/aromatic N) is 5. The molecule has 2 fully saturated rings. The third kappa shape index (κ3) is 5.65.